The average Bonchev–Trinajstić information content (AvgIpc) is 2.97. The lowest BCUT2D eigenvalue weighted by Crippen LogP contribution is -2.45. The van der Waals surface area contributed by atoms with Gasteiger partial charge in [-0.3, -0.25) is 0 Å². The fourth-order valence-electron chi connectivity index (χ4n) is 4.28. The van der Waals surface area contributed by atoms with Crippen LogP contribution in [0.5, 0.6) is 0 Å². The summed E-state index contributed by atoms with van der Waals surface area (Å²) >= 11 is 0. The highest BCUT2D eigenvalue weighted by atomic mass is 16.3. The largest absolute Gasteiger partial charge is 0.391 e. The van der Waals surface area contributed by atoms with Crippen LogP contribution in [0.2, 0.25) is 0 Å². The van der Waals surface area contributed by atoms with Crippen LogP contribution < -0.4 is 5.32 Å². The molecule has 1 saturated heterocycles. The summed E-state index contributed by atoms with van der Waals surface area (Å²) in [5.41, 5.74) is 4.02. The standard InChI is InChI=1S/C22H28N2O/c25-21-16-18-8-4-5-9-20(18)22(21)23-19-11-14-24(15-12-19)13-10-17-6-2-1-3-7-17/h1-9,19,21-23,25H,10-16H2/t21-,22+/m0/s1. The first kappa shape index (κ1) is 16.8. The Morgan fingerprint density at radius 3 is 2.48 bits per heavy atom. The summed E-state index contributed by atoms with van der Waals surface area (Å²) in [5, 5.41) is 14.2. The van der Waals surface area contributed by atoms with E-state index in [0.717, 1.165) is 32.5 Å². The van der Waals surface area contributed by atoms with Gasteiger partial charge in [0.05, 0.1) is 12.1 Å². The Balaban J connectivity index is 1.27. The van der Waals surface area contributed by atoms with Crippen LogP contribution in [-0.4, -0.2) is 41.8 Å². The molecule has 3 nitrogen and oxygen atoms in total. The van der Waals surface area contributed by atoms with Crippen molar-refractivity contribution in [3.05, 3.63) is 71.3 Å². The molecular formula is C22H28N2O. The highest BCUT2D eigenvalue weighted by Gasteiger charge is 2.32. The molecule has 0 radical (unpaired) electrons. The van der Waals surface area contributed by atoms with Crippen LogP contribution in [0.1, 0.15) is 35.6 Å². The second-order valence-corrected chi connectivity index (χ2v) is 7.47. The van der Waals surface area contributed by atoms with Gasteiger partial charge >= 0.3 is 0 Å². The quantitative estimate of drug-likeness (QED) is 0.881. The van der Waals surface area contributed by atoms with E-state index in [9.17, 15) is 5.11 Å². The Bertz CT molecular complexity index is 679. The van der Waals surface area contributed by atoms with E-state index < -0.39 is 0 Å². The van der Waals surface area contributed by atoms with Gasteiger partial charge in [-0.15, -0.1) is 0 Å². The van der Waals surface area contributed by atoms with Crippen LogP contribution in [0.4, 0.5) is 0 Å². The minimum absolute atomic E-state index is 0.108. The van der Waals surface area contributed by atoms with Crippen molar-refractivity contribution in [2.45, 2.75) is 43.9 Å². The highest BCUT2D eigenvalue weighted by molar-refractivity contribution is 5.36. The fraction of sp³-hybridized carbons (Fsp3) is 0.455. The van der Waals surface area contributed by atoms with Crippen LogP contribution in [0, 0.1) is 0 Å². The van der Waals surface area contributed by atoms with E-state index >= 15 is 0 Å². The molecule has 2 aliphatic rings. The molecule has 0 amide bonds. The molecule has 0 bridgehead atoms. The first-order chi connectivity index (χ1) is 12.3. The molecule has 1 aliphatic carbocycles. The normalized spacial score (nSPS) is 24.4. The maximum absolute atomic E-state index is 10.4. The predicted octanol–water partition coefficient (Wildman–Crippen LogP) is 2.94. The molecule has 0 aromatic heterocycles. The number of fused-ring (bicyclic) bond motifs is 1. The summed E-state index contributed by atoms with van der Waals surface area (Å²) in [6, 6.07) is 19.8. The van der Waals surface area contributed by atoms with Crippen LogP contribution >= 0.6 is 0 Å². The van der Waals surface area contributed by atoms with Gasteiger partial charge in [-0.25, -0.2) is 0 Å². The lowest BCUT2D eigenvalue weighted by Gasteiger charge is -2.34. The van der Waals surface area contributed by atoms with Gasteiger partial charge in [0.1, 0.15) is 0 Å². The van der Waals surface area contributed by atoms with Gasteiger partial charge < -0.3 is 15.3 Å². The number of aliphatic hydroxyl groups excluding tert-OH is 1. The summed E-state index contributed by atoms with van der Waals surface area (Å²) < 4.78 is 0. The van der Waals surface area contributed by atoms with E-state index in [1.807, 2.05) is 0 Å². The zero-order chi connectivity index (χ0) is 17.1. The number of piperidine rings is 1. The number of nitrogens with zero attached hydrogens (tertiary/aromatic N) is 1. The van der Waals surface area contributed by atoms with Crippen molar-refractivity contribution in [3.63, 3.8) is 0 Å². The van der Waals surface area contributed by atoms with Gasteiger partial charge in [-0.1, -0.05) is 54.6 Å². The molecule has 1 heterocycles. The molecule has 2 N–H and O–H groups in total. The Labute approximate surface area is 150 Å². The van der Waals surface area contributed by atoms with Crippen LogP contribution in [0.3, 0.4) is 0 Å². The third kappa shape index (κ3) is 3.95. The van der Waals surface area contributed by atoms with E-state index in [4.69, 9.17) is 0 Å². The third-order valence-corrected chi connectivity index (χ3v) is 5.77. The summed E-state index contributed by atoms with van der Waals surface area (Å²) in [6.45, 7) is 3.44. The number of hydrogen-bond acceptors (Lipinski definition) is 3. The number of nitrogens with one attached hydrogen (secondary N) is 1. The minimum Gasteiger partial charge on any atom is -0.391 e. The second kappa shape index (κ2) is 7.69. The number of hydrogen-bond donors (Lipinski definition) is 2. The topological polar surface area (TPSA) is 35.5 Å². The van der Waals surface area contributed by atoms with Crippen molar-refractivity contribution in [1.29, 1.82) is 0 Å². The van der Waals surface area contributed by atoms with E-state index in [1.165, 1.54) is 29.5 Å². The lowest BCUT2D eigenvalue weighted by atomic mass is 10.0. The fourth-order valence-corrected chi connectivity index (χ4v) is 4.28. The Morgan fingerprint density at radius 1 is 0.960 bits per heavy atom. The Morgan fingerprint density at radius 2 is 1.68 bits per heavy atom. The van der Waals surface area contributed by atoms with Crippen LogP contribution in [-0.2, 0) is 12.8 Å². The van der Waals surface area contributed by atoms with E-state index in [2.05, 4.69) is 64.8 Å². The van der Waals surface area contributed by atoms with Crippen molar-refractivity contribution in [3.8, 4) is 0 Å². The molecule has 1 fully saturated rings. The molecule has 132 valence electrons. The molecule has 0 saturated carbocycles. The van der Waals surface area contributed by atoms with Gasteiger partial charge in [-0.2, -0.15) is 0 Å². The molecule has 2 atom stereocenters. The van der Waals surface area contributed by atoms with Crippen molar-refractivity contribution in [2.24, 2.45) is 0 Å². The smallest absolute Gasteiger partial charge is 0.0775 e. The number of rotatable bonds is 5. The minimum atomic E-state index is -0.284. The SMILES string of the molecule is O[C@H]1Cc2ccccc2[C@H]1NC1CCN(CCc2ccccc2)CC1. The van der Waals surface area contributed by atoms with Gasteiger partial charge in [0.15, 0.2) is 0 Å². The summed E-state index contributed by atoms with van der Waals surface area (Å²) in [7, 11) is 0. The zero-order valence-corrected chi connectivity index (χ0v) is 14.8. The molecular weight excluding hydrogens is 308 g/mol. The Kier molecular flexibility index (Phi) is 5.16. The van der Waals surface area contributed by atoms with E-state index in [-0.39, 0.29) is 12.1 Å². The van der Waals surface area contributed by atoms with Crippen molar-refractivity contribution in [1.82, 2.24) is 10.2 Å². The van der Waals surface area contributed by atoms with Gasteiger partial charge in [0, 0.05) is 19.0 Å². The number of likely N-dealkylation sites (tertiary alicyclic amines) is 1. The first-order valence-electron chi connectivity index (χ1n) is 9.58. The van der Waals surface area contributed by atoms with Crippen LogP contribution in [0.15, 0.2) is 54.6 Å². The maximum atomic E-state index is 10.4. The van der Waals surface area contributed by atoms with Crippen molar-refractivity contribution in [2.75, 3.05) is 19.6 Å². The summed E-state index contributed by atoms with van der Waals surface area (Å²) in [5.74, 6) is 0. The molecule has 0 unspecified atom stereocenters. The molecule has 2 aromatic rings. The predicted molar refractivity (Wildman–Crippen MR) is 102 cm³/mol. The van der Waals surface area contributed by atoms with E-state index in [1.54, 1.807) is 0 Å². The van der Waals surface area contributed by atoms with Gasteiger partial charge in [0.2, 0.25) is 0 Å². The zero-order valence-electron chi connectivity index (χ0n) is 14.8. The molecule has 25 heavy (non-hydrogen) atoms. The molecule has 2 aromatic carbocycles. The highest BCUT2D eigenvalue weighted by Crippen LogP contribution is 2.32. The van der Waals surface area contributed by atoms with E-state index in [0.29, 0.717) is 6.04 Å². The van der Waals surface area contributed by atoms with Gasteiger partial charge in [-0.05, 0) is 49.0 Å². The number of benzene rings is 2. The second-order valence-electron chi connectivity index (χ2n) is 7.47. The molecule has 1 aliphatic heterocycles. The Hall–Kier alpha value is -1.68. The first-order valence-corrected chi connectivity index (χ1v) is 9.58. The van der Waals surface area contributed by atoms with Crippen molar-refractivity contribution >= 4 is 0 Å². The van der Waals surface area contributed by atoms with Gasteiger partial charge in [0.25, 0.3) is 0 Å². The molecule has 0 spiro atoms. The molecule has 3 heteroatoms. The average molecular weight is 336 g/mol. The number of aliphatic hydroxyl groups is 1. The lowest BCUT2D eigenvalue weighted by molar-refractivity contribution is 0.120. The van der Waals surface area contributed by atoms with Crippen LogP contribution in [0.25, 0.3) is 0 Å². The summed E-state index contributed by atoms with van der Waals surface area (Å²) in [6.07, 6.45) is 3.96. The maximum Gasteiger partial charge on any atom is 0.0775 e. The summed E-state index contributed by atoms with van der Waals surface area (Å²) in [4.78, 5) is 2.57. The monoisotopic (exact) mass is 336 g/mol. The van der Waals surface area contributed by atoms with Crippen molar-refractivity contribution < 1.29 is 5.11 Å². The molecule has 4 rings (SSSR count). The third-order valence-electron chi connectivity index (χ3n) is 5.77.